The average Bonchev–Trinajstić information content (AvgIpc) is 3.61. The molecule has 0 saturated carbocycles. The molecule has 6 aliphatic rings. The third kappa shape index (κ3) is 3.99. The van der Waals surface area contributed by atoms with Gasteiger partial charge in [-0.1, -0.05) is 33.4 Å². The second-order valence-corrected chi connectivity index (χ2v) is 13.4. The summed E-state index contributed by atoms with van der Waals surface area (Å²) >= 11 is 0. The number of Topliss-reactive ketones (excluding diaryl/α,β-unsaturated/α-hetero) is 1. The molecule has 0 spiro atoms. The number of ether oxygens (including phenoxy) is 3. The van der Waals surface area contributed by atoms with Gasteiger partial charge in [0.15, 0.2) is 5.78 Å². The van der Waals surface area contributed by atoms with Crippen LogP contribution in [-0.4, -0.2) is 46.9 Å². The molecule has 1 unspecified atom stereocenters. The van der Waals surface area contributed by atoms with Gasteiger partial charge in [0.25, 0.3) is 0 Å². The van der Waals surface area contributed by atoms with Crippen molar-refractivity contribution < 1.29 is 23.8 Å². The van der Waals surface area contributed by atoms with Crippen molar-refractivity contribution in [1.29, 1.82) is 0 Å². The van der Waals surface area contributed by atoms with Gasteiger partial charge in [-0.15, -0.1) is 0 Å². The van der Waals surface area contributed by atoms with Crippen molar-refractivity contribution in [2.24, 2.45) is 23.7 Å². The quantitative estimate of drug-likeness (QED) is 0.225. The first-order chi connectivity index (χ1) is 21.6. The van der Waals surface area contributed by atoms with Gasteiger partial charge in [0.1, 0.15) is 5.92 Å². The molecular formula is C36H40N4O5. The van der Waals surface area contributed by atoms with Crippen LogP contribution in [0.25, 0.3) is 24.3 Å². The fourth-order valence-corrected chi connectivity index (χ4v) is 8.25. The zero-order valence-corrected chi connectivity index (χ0v) is 26.6. The second-order valence-electron chi connectivity index (χ2n) is 13.4. The van der Waals surface area contributed by atoms with E-state index in [2.05, 4.69) is 73.1 Å². The highest BCUT2D eigenvalue weighted by atomic mass is 17.0. The lowest BCUT2D eigenvalue weighted by Crippen LogP contribution is -2.31. The number of rotatable bonds is 6. The van der Waals surface area contributed by atoms with Crippen LogP contribution >= 0.6 is 0 Å². The topological polar surface area (TPSA) is 124 Å². The van der Waals surface area contributed by atoms with Crippen LogP contribution in [0.5, 0.6) is 0 Å². The Balaban J connectivity index is 1.38. The molecule has 5 atom stereocenters. The van der Waals surface area contributed by atoms with Gasteiger partial charge in [0.05, 0.1) is 12.8 Å². The molecule has 7 heterocycles. The van der Waals surface area contributed by atoms with Gasteiger partial charge in [0, 0.05) is 74.5 Å². The van der Waals surface area contributed by atoms with Crippen molar-refractivity contribution in [2.45, 2.75) is 72.0 Å². The molecule has 0 aromatic carbocycles. The molecule has 9 nitrogen and oxygen atoms in total. The van der Waals surface area contributed by atoms with Crippen LogP contribution in [-0.2, 0) is 30.2 Å². The van der Waals surface area contributed by atoms with Crippen LogP contribution < -0.4 is 21.3 Å². The molecule has 8 rings (SSSR count). The van der Waals surface area contributed by atoms with E-state index in [1.54, 1.807) is 0 Å². The number of ketones is 1. The number of epoxide rings is 2. The molecule has 45 heavy (non-hydrogen) atoms. The summed E-state index contributed by atoms with van der Waals surface area (Å²) in [5, 5.41) is 9.48. The number of hydrogen-bond acceptors (Lipinski definition) is 7. The molecule has 4 N–H and O–H groups in total. The van der Waals surface area contributed by atoms with E-state index >= 15 is 0 Å². The predicted octanol–water partition coefficient (Wildman–Crippen LogP) is 3.34. The summed E-state index contributed by atoms with van der Waals surface area (Å²) in [5.74, 6) is -2.19. The summed E-state index contributed by atoms with van der Waals surface area (Å²) in [6.45, 7) is 14.8. The maximum absolute atomic E-state index is 14.2. The number of aromatic amines is 2. The van der Waals surface area contributed by atoms with Gasteiger partial charge < -0.3 is 34.8 Å². The van der Waals surface area contributed by atoms with E-state index in [-0.39, 0.29) is 35.9 Å². The Morgan fingerprint density at radius 1 is 1.09 bits per heavy atom. The van der Waals surface area contributed by atoms with Crippen molar-refractivity contribution in [3.05, 3.63) is 79.2 Å². The second kappa shape index (κ2) is 9.71. The third-order valence-electron chi connectivity index (χ3n) is 11.1. The molecule has 0 amide bonds. The smallest absolute Gasteiger partial charge is 0.321 e. The Bertz CT molecular complexity index is 1930. The molecular weight excluding hydrogens is 568 g/mol. The first kappa shape index (κ1) is 28.4. The Morgan fingerprint density at radius 3 is 2.51 bits per heavy atom. The summed E-state index contributed by atoms with van der Waals surface area (Å²) in [4.78, 5) is 34.9. The lowest BCUT2D eigenvalue weighted by Gasteiger charge is -2.22. The van der Waals surface area contributed by atoms with Gasteiger partial charge in [0.2, 0.25) is 12.1 Å². The minimum absolute atomic E-state index is 0.0392. The van der Waals surface area contributed by atoms with E-state index in [9.17, 15) is 9.59 Å². The van der Waals surface area contributed by atoms with E-state index in [0.29, 0.717) is 11.1 Å². The Kier molecular flexibility index (Phi) is 6.13. The normalized spacial score (nSPS) is 36.2. The van der Waals surface area contributed by atoms with E-state index in [4.69, 9.17) is 14.2 Å². The number of allylic oxidation sites excluding steroid dienone is 3. The average molecular weight is 609 g/mol. The molecule has 2 aromatic rings. The molecule has 234 valence electrons. The van der Waals surface area contributed by atoms with Crippen molar-refractivity contribution in [2.75, 3.05) is 7.11 Å². The SMILES string of the molecule is C=Cc1c(C)/c2[nH]/c1=C\c1[nH]c(c(CC)c1C)/C=C1\NC3=C(C(=O)[C@H](C(=O)OC)/C3=C3/NC(\C=2)[C@@H](C)[C@@H]3CCC23OC2O3)[C@@H]1C. The van der Waals surface area contributed by atoms with Crippen molar-refractivity contribution in [3.8, 4) is 0 Å². The maximum Gasteiger partial charge on any atom is 0.321 e. The number of fused-ring (bicyclic) bond motifs is 8. The monoisotopic (exact) mass is 608 g/mol. The number of methoxy groups -OCH3 is 1. The summed E-state index contributed by atoms with van der Waals surface area (Å²) in [7, 11) is 1.35. The Hall–Kier alpha value is -4.08. The predicted molar refractivity (Wildman–Crippen MR) is 170 cm³/mol. The number of carbonyl (C=O) groups is 2. The van der Waals surface area contributed by atoms with Gasteiger partial charge in [-0.05, 0) is 67.5 Å². The largest absolute Gasteiger partial charge is 0.468 e. The zero-order chi connectivity index (χ0) is 31.5. The highest BCUT2D eigenvalue weighted by Gasteiger charge is 2.76. The van der Waals surface area contributed by atoms with E-state index < -0.39 is 17.7 Å². The molecule has 5 aliphatic heterocycles. The van der Waals surface area contributed by atoms with Crippen LogP contribution in [0.15, 0.2) is 34.8 Å². The molecule has 2 aromatic heterocycles. The van der Waals surface area contributed by atoms with Crippen LogP contribution in [0.2, 0.25) is 0 Å². The molecule has 3 fully saturated rings. The number of H-pyrrole nitrogens is 2. The van der Waals surface area contributed by atoms with Crippen LogP contribution in [0.3, 0.4) is 0 Å². The first-order valence-electron chi connectivity index (χ1n) is 16.1. The standard InChI is InChI=1S/C36H40N4O5/c1-8-19-15(3)22-12-24-17(5)21(10-11-36-35(44-36)45-36)31(39-24)29-30(34(42)43-7)33(41)28-18(6)25(40-32(28)29)14-27-20(9-2)16(4)23(38-27)13-26(19)37-22/h8,12-14,17-18,21,24,30,35,37-40H,1,9-11H2,2-7H3/b22-12-,25-14-,26-13-,31-29-/t17-,18+,21-,24?,30+,35?,36?/m0/s1. The highest BCUT2D eigenvalue weighted by molar-refractivity contribution is 6.16. The van der Waals surface area contributed by atoms with Gasteiger partial charge in [-0.25, -0.2) is 0 Å². The summed E-state index contributed by atoms with van der Waals surface area (Å²) in [6.07, 6.45) is 10.8. The number of hydrogen-bond donors (Lipinski definition) is 4. The van der Waals surface area contributed by atoms with E-state index in [0.717, 1.165) is 69.6 Å². The zero-order valence-electron chi connectivity index (χ0n) is 26.6. The Labute approximate surface area is 262 Å². The molecule has 3 saturated heterocycles. The first-order valence-corrected chi connectivity index (χ1v) is 16.1. The fraction of sp³-hybridized carbons (Fsp3) is 0.444. The lowest BCUT2D eigenvalue weighted by molar-refractivity contribution is -0.146. The lowest BCUT2D eigenvalue weighted by atomic mass is 9.83. The van der Waals surface area contributed by atoms with Gasteiger partial charge in [-0.2, -0.15) is 0 Å². The molecule has 1 aliphatic carbocycles. The van der Waals surface area contributed by atoms with Crippen LogP contribution in [0.4, 0.5) is 0 Å². The summed E-state index contributed by atoms with van der Waals surface area (Å²) in [6, 6.07) is -0.0563. The summed E-state index contributed by atoms with van der Waals surface area (Å²) in [5.41, 5.74) is 10.6. The number of esters is 1. The maximum atomic E-state index is 14.2. The van der Waals surface area contributed by atoms with Crippen LogP contribution in [0, 0.1) is 37.5 Å². The van der Waals surface area contributed by atoms with E-state index in [1.807, 2.05) is 13.0 Å². The molecule has 9 heteroatoms. The van der Waals surface area contributed by atoms with E-state index in [1.165, 1.54) is 18.2 Å². The van der Waals surface area contributed by atoms with Gasteiger partial charge in [-0.3, -0.25) is 9.59 Å². The number of nitrogens with one attached hydrogen (secondary N) is 4. The van der Waals surface area contributed by atoms with Crippen molar-refractivity contribution in [1.82, 2.24) is 20.6 Å². The van der Waals surface area contributed by atoms with Crippen molar-refractivity contribution in [3.63, 3.8) is 0 Å². The minimum atomic E-state index is -1.02. The van der Waals surface area contributed by atoms with Gasteiger partial charge >= 0.3 is 5.97 Å². The van der Waals surface area contributed by atoms with Crippen LogP contribution in [0.1, 0.15) is 67.3 Å². The molecule has 0 radical (unpaired) electrons. The minimum Gasteiger partial charge on any atom is -0.468 e. The Morgan fingerprint density at radius 2 is 1.84 bits per heavy atom. The molecule has 8 bridgehead atoms. The van der Waals surface area contributed by atoms with Crippen molar-refractivity contribution >= 4 is 36.1 Å². The fourth-order valence-electron chi connectivity index (χ4n) is 8.25. The summed E-state index contributed by atoms with van der Waals surface area (Å²) < 4.78 is 16.5. The number of aromatic nitrogens is 2. The third-order valence-corrected chi connectivity index (χ3v) is 11.1. The highest BCUT2D eigenvalue weighted by Crippen LogP contribution is 2.60. The number of carbonyl (C=O) groups excluding carboxylic acids is 2.